The zero-order chi connectivity index (χ0) is 14.3. The number of hydrogen-bond donors (Lipinski definition) is 0. The van der Waals surface area contributed by atoms with Gasteiger partial charge in [-0.1, -0.05) is 23.7 Å². The van der Waals surface area contributed by atoms with E-state index in [9.17, 15) is 8.78 Å². The molecule has 0 spiro atoms. The third-order valence-corrected chi connectivity index (χ3v) is 3.32. The van der Waals surface area contributed by atoms with E-state index in [2.05, 4.69) is 4.99 Å². The normalized spacial score (nSPS) is 13.2. The molecule has 3 rings (SSSR count). The molecule has 0 atom stereocenters. The highest BCUT2D eigenvalue weighted by Crippen LogP contribution is 2.40. The summed E-state index contributed by atoms with van der Waals surface area (Å²) in [5, 5.41) is 0.281. The van der Waals surface area contributed by atoms with E-state index in [0.29, 0.717) is 17.0 Å². The standard InChI is InChI=1S/C15H10ClF2NO/c1-8-2-4-10-12(6-8)20-13-7-9(15(17)18)3-5-11(13)19-14(10)16/h2-7,15H,1H3. The quantitative estimate of drug-likeness (QED) is 0.694. The number of rotatable bonds is 1. The molecular formula is C15H10ClF2NO. The third kappa shape index (κ3) is 2.27. The topological polar surface area (TPSA) is 21.6 Å². The monoisotopic (exact) mass is 293 g/mol. The zero-order valence-corrected chi connectivity index (χ0v) is 11.3. The molecule has 1 aliphatic rings. The van der Waals surface area contributed by atoms with Crippen LogP contribution in [0.5, 0.6) is 11.5 Å². The van der Waals surface area contributed by atoms with E-state index in [-0.39, 0.29) is 16.5 Å². The zero-order valence-electron chi connectivity index (χ0n) is 10.5. The maximum absolute atomic E-state index is 12.8. The van der Waals surface area contributed by atoms with Crippen LogP contribution < -0.4 is 4.74 Å². The van der Waals surface area contributed by atoms with Crippen molar-refractivity contribution in [3.05, 3.63) is 53.1 Å². The van der Waals surface area contributed by atoms with Gasteiger partial charge in [0.2, 0.25) is 0 Å². The lowest BCUT2D eigenvalue weighted by molar-refractivity contribution is 0.151. The maximum Gasteiger partial charge on any atom is 0.263 e. The molecule has 0 bridgehead atoms. The first-order valence-electron chi connectivity index (χ1n) is 6.00. The summed E-state index contributed by atoms with van der Waals surface area (Å²) in [5.41, 5.74) is 1.97. The number of nitrogens with zero attached hydrogens (tertiary/aromatic N) is 1. The number of ether oxygens (including phenoxy) is 1. The van der Waals surface area contributed by atoms with Crippen molar-refractivity contribution in [3.8, 4) is 11.5 Å². The first-order valence-corrected chi connectivity index (χ1v) is 6.37. The van der Waals surface area contributed by atoms with Crippen LogP contribution in [0.4, 0.5) is 14.5 Å². The molecule has 0 saturated carbocycles. The van der Waals surface area contributed by atoms with Gasteiger partial charge in [0, 0.05) is 5.56 Å². The van der Waals surface area contributed by atoms with Gasteiger partial charge in [0.1, 0.15) is 16.6 Å². The van der Waals surface area contributed by atoms with Crippen LogP contribution in [0.15, 0.2) is 41.4 Å². The van der Waals surface area contributed by atoms with Gasteiger partial charge in [-0.25, -0.2) is 13.8 Å². The van der Waals surface area contributed by atoms with E-state index in [1.165, 1.54) is 18.2 Å². The third-order valence-electron chi connectivity index (χ3n) is 3.03. The Morgan fingerprint density at radius 2 is 1.90 bits per heavy atom. The van der Waals surface area contributed by atoms with Gasteiger partial charge in [0.15, 0.2) is 5.75 Å². The van der Waals surface area contributed by atoms with Crippen LogP contribution in [0.2, 0.25) is 0 Å². The molecule has 0 saturated heterocycles. The molecule has 0 amide bonds. The van der Waals surface area contributed by atoms with Gasteiger partial charge in [0.25, 0.3) is 6.43 Å². The number of aryl methyl sites for hydroxylation is 1. The molecule has 20 heavy (non-hydrogen) atoms. The first-order chi connectivity index (χ1) is 9.54. The number of hydrogen-bond acceptors (Lipinski definition) is 2. The molecule has 0 aliphatic carbocycles. The summed E-state index contributed by atoms with van der Waals surface area (Å²) in [4.78, 5) is 4.22. The van der Waals surface area contributed by atoms with Crippen LogP contribution in [0.25, 0.3) is 0 Å². The predicted octanol–water partition coefficient (Wildman–Crippen LogP) is 5.36. The predicted molar refractivity (Wildman–Crippen MR) is 74.7 cm³/mol. The second-order valence-electron chi connectivity index (χ2n) is 4.53. The summed E-state index contributed by atoms with van der Waals surface area (Å²) in [7, 11) is 0. The molecule has 5 heteroatoms. The van der Waals surface area contributed by atoms with E-state index in [1.54, 1.807) is 12.1 Å². The molecule has 0 unspecified atom stereocenters. The summed E-state index contributed by atoms with van der Waals surface area (Å²) in [6.45, 7) is 1.91. The molecular weight excluding hydrogens is 284 g/mol. The van der Waals surface area contributed by atoms with Crippen molar-refractivity contribution in [1.82, 2.24) is 0 Å². The highest BCUT2D eigenvalue weighted by molar-refractivity contribution is 6.70. The molecule has 2 nitrogen and oxygen atoms in total. The summed E-state index contributed by atoms with van der Waals surface area (Å²) < 4.78 is 31.2. The summed E-state index contributed by atoms with van der Waals surface area (Å²) in [6.07, 6.45) is -2.55. The average molecular weight is 294 g/mol. The number of halogens is 3. The van der Waals surface area contributed by atoms with E-state index in [4.69, 9.17) is 16.3 Å². The fourth-order valence-electron chi connectivity index (χ4n) is 2.01. The Morgan fingerprint density at radius 3 is 2.65 bits per heavy atom. The highest BCUT2D eigenvalue weighted by Gasteiger charge is 2.19. The van der Waals surface area contributed by atoms with Gasteiger partial charge < -0.3 is 4.74 Å². The van der Waals surface area contributed by atoms with E-state index in [0.717, 1.165) is 5.56 Å². The van der Waals surface area contributed by atoms with Gasteiger partial charge in [-0.15, -0.1) is 0 Å². The van der Waals surface area contributed by atoms with Crippen LogP contribution in [0, 0.1) is 6.92 Å². The SMILES string of the molecule is Cc1ccc2c(c1)Oc1cc(C(F)F)ccc1N=C2Cl. The van der Waals surface area contributed by atoms with Crippen molar-refractivity contribution in [2.75, 3.05) is 0 Å². The lowest BCUT2D eigenvalue weighted by Gasteiger charge is -2.10. The smallest absolute Gasteiger partial charge is 0.263 e. The van der Waals surface area contributed by atoms with Crippen molar-refractivity contribution in [2.45, 2.75) is 13.3 Å². The van der Waals surface area contributed by atoms with Crippen LogP contribution in [-0.4, -0.2) is 5.17 Å². The minimum Gasteiger partial charge on any atom is -0.454 e. The molecule has 0 fully saturated rings. The Hall–Kier alpha value is -1.94. The minimum atomic E-state index is -2.55. The average Bonchev–Trinajstić information content (AvgIpc) is 2.53. The number of fused-ring (bicyclic) bond motifs is 2. The van der Waals surface area contributed by atoms with Crippen molar-refractivity contribution >= 4 is 22.5 Å². The molecule has 0 radical (unpaired) electrons. The van der Waals surface area contributed by atoms with Gasteiger partial charge >= 0.3 is 0 Å². The van der Waals surface area contributed by atoms with Crippen molar-refractivity contribution in [2.24, 2.45) is 4.99 Å². The van der Waals surface area contributed by atoms with Crippen LogP contribution >= 0.6 is 11.6 Å². The fourth-order valence-corrected chi connectivity index (χ4v) is 2.26. The summed E-state index contributed by atoms with van der Waals surface area (Å²) in [6, 6.07) is 9.60. The molecule has 2 aromatic carbocycles. The Labute approximate surface area is 119 Å². The lowest BCUT2D eigenvalue weighted by atomic mass is 10.1. The van der Waals surface area contributed by atoms with Gasteiger partial charge in [0.05, 0.1) is 5.56 Å². The van der Waals surface area contributed by atoms with Crippen LogP contribution in [0.1, 0.15) is 23.1 Å². The van der Waals surface area contributed by atoms with Crippen LogP contribution in [0.3, 0.4) is 0 Å². The molecule has 1 aliphatic heterocycles. The second kappa shape index (κ2) is 4.87. The first kappa shape index (κ1) is 13.1. The maximum atomic E-state index is 12.8. The van der Waals surface area contributed by atoms with Gasteiger partial charge in [-0.05, 0) is 36.8 Å². The fraction of sp³-hybridized carbons (Fsp3) is 0.133. The Bertz CT molecular complexity index is 713. The van der Waals surface area contributed by atoms with Gasteiger partial charge in [-0.3, -0.25) is 0 Å². The van der Waals surface area contributed by atoms with E-state index < -0.39 is 6.43 Å². The van der Waals surface area contributed by atoms with Crippen molar-refractivity contribution in [1.29, 1.82) is 0 Å². The molecule has 0 N–H and O–H groups in total. The summed E-state index contributed by atoms with van der Waals surface area (Å²) >= 11 is 6.16. The number of aliphatic imine (C=N–C) groups is 1. The molecule has 2 aromatic rings. The highest BCUT2D eigenvalue weighted by atomic mass is 35.5. The molecule has 0 aromatic heterocycles. The Kier molecular flexibility index (Phi) is 3.18. The lowest BCUT2D eigenvalue weighted by Crippen LogP contribution is -1.94. The van der Waals surface area contributed by atoms with Crippen LogP contribution in [-0.2, 0) is 0 Å². The summed E-state index contributed by atoms with van der Waals surface area (Å²) in [5.74, 6) is 0.800. The van der Waals surface area contributed by atoms with E-state index in [1.807, 2.05) is 13.0 Å². The van der Waals surface area contributed by atoms with Crippen molar-refractivity contribution < 1.29 is 13.5 Å². The minimum absolute atomic E-state index is 0.105. The second-order valence-corrected chi connectivity index (χ2v) is 4.89. The van der Waals surface area contributed by atoms with Crippen molar-refractivity contribution in [3.63, 3.8) is 0 Å². The number of benzene rings is 2. The molecule has 1 heterocycles. The Morgan fingerprint density at radius 1 is 1.10 bits per heavy atom. The van der Waals surface area contributed by atoms with E-state index >= 15 is 0 Å². The number of alkyl halides is 2. The largest absolute Gasteiger partial charge is 0.454 e. The van der Waals surface area contributed by atoms with Gasteiger partial charge in [-0.2, -0.15) is 0 Å². The Balaban J connectivity index is 2.17. The molecule has 102 valence electrons.